The van der Waals surface area contributed by atoms with Crippen LogP contribution in [-0.2, 0) is 17.3 Å². The molecule has 0 N–H and O–H groups in total. The lowest BCUT2D eigenvalue weighted by Gasteiger charge is -2.52. The third-order valence-electron chi connectivity index (χ3n) is 22.6. The maximum Gasteiger partial charge on any atom is 0.249 e. The van der Waals surface area contributed by atoms with Crippen LogP contribution in [0.25, 0.3) is 10.1 Å². The Kier molecular flexibility index (Phi) is 11.2. The molecular weight excluding hydrogens is 936 g/mol. The summed E-state index contributed by atoms with van der Waals surface area (Å²) < 4.78 is 1.48. The summed E-state index contributed by atoms with van der Waals surface area (Å²) in [5, 5.41) is 2.98. The van der Waals surface area contributed by atoms with E-state index in [0.29, 0.717) is 11.8 Å². The monoisotopic (exact) mass is 1020 g/mol. The first kappa shape index (κ1) is 50.9. The summed E-state index contributed by atoms with van der Waals surface area (Å²) in [5.74, 6) is 0.814. The standard InChI is InChI=1S/C72H89BN2S/c1-16-50(37-49-43-66(5,6)26-28-67(49,7)8)74-57-34-45(2)35-58-63(57)73(61-47-36-48(38-59(61)74)70(13,31-27-65(3,4)42-47)41-46-20-18-17-19-21-46)62-52-39-55-56(72(15)33-32-71(55,14)44-72)40-60(52)76-64(62)75(58)51-22-24-53-54(25-23-51)69(11,12)30-29-68(53,9)10/h16-25,34-35,37-40,47,49,51H,1,26-33,36,41-44H2,2-15H3/b50-37+. The molecule has 4 bridgehead atoms. The van der Waals surface area contributed by atoms with Gasteiger partial charge in [0.25, 0.3) is 0 Å². The molecule has 0 saturated heterocycles. The van der Waals surface area contributed by atoms with Crippen molar-refractivity contribution in [2.24, 2.45) is 44.3 Å². The normalized spacial score (nSPS) is 31.3. The second-order valence-corrected chi connectivity index (χ2v) is 32.0. The summed E-state index contributed by atoms with van der Waals surface area (Å²) in [6, 6.07) is 22.2. The first-order valence-corrected chi connectivity index (χ1v) is 30.8. The van der Waals surface area contributed by atoms with E-state index in [2.05, 4.69) is 215 Å². The van der Waals surface area contributed by atoms with Crippen molar-refractivity contribution in [2.45, 2.75) is 197 Å². The van der Waals surface area contributed by atoms with Crippen molar-refractivity contribution in [3.63, 3.8) is 0 Å². The van der Waals surface area contributed by atoms with Crippen molar-refractivity contribution >= 4 is 55.4 Å². The van der Waals surface area contributed by atoms with Crippen LogP contribution in [0.5, 0.6) is 0 Å². The minimum atomic E-state index is 0.0243. The fourth-order valence-electron chi connectivity index (χ4n) is 17.7. The van der Waals surface area contributed by atoms with Gasteiger partial charge in [0.2, 0.25) is 6.71 Å². The van der Waals surface area contributed by atoms with E-state index in [4.69, 9.17) is 6.58 Å². The second kappa shape index (κ2) is 16.8. The summed E-state index contributed by atoms with van der Waals surface area (Å²) in [6.45, 7) is 40.4. The van der Waals surface area contributed by atoms with E-state index >= 15 is 0 Å². The van der Waals surface area contributed by atoms with Gasteiger partial charge in [-0.05, 0) is 232 Å². The topological polar surface area (TPSA) is 6.48 Å². The molecule has 76 heavy (non-hydrogen) atoms. The Hall–Kier alpha value is -4.54. The molecule has 2 nitrogen and oxygen atoms in total. The molecule has 3 heterocycles. The molecule has 5 atom stereocenters. The fraction of sp³-hybridized carbons (Fsp3) is 0.528. The molecule has 9 aliphatic rings. The first-order chi connectivity index (χ1) is 35.7. The van der Waals surface area contributed by atoms with Crippen LogP contribution in [0.4, 0.5) is 16.4 Å². The van der Waals surface area contributed by atoms with Crippen molar-refractivity contribution in [3.05, 3.63) is 160 Å². The summed E-state index contributed by atoms with van der Waals surface area (Å²) in [7, 11) is 0. The molecule has 1 aromatic heterocycles. The van der Waals surface area contributed by atoms with E-state index in [1.165, 1.54) is 136 Å². The molecule has 3 aromatic carbocycles. The lowest BCUT2D eigenvalue weighted by Crippen LogP contribution is -2.59. The van der Waals surface area contributed by atoms with Gasteiger partial charge in [-0.1, -0.05) is 168 Å². The third-order valence-corrected chi connectivity index (χ3v) is 23.7. The number of hydrogen-bond donors (Lipinski definition) is 0. The molecule has 4 aromatic rings. The maximum absolute atomic E-state index is 4.81. The number of benzene rings is 3. The van der Waals surface area contributed by atoms with Crippen molar-refractivity contribution < 1.29 is 0 Å². The van der Waals surface area contributed by atoms with E-state index < -0.39 is 0 Å². The van der Waals surface area contributed by atoms with E-state index in [1.807, 2.05) is 0 Å². The van der Waals surface area contributed by atoms with E-state index in [1.54, 1.807) is 27.6 Å². The van der Waals surface area contributed by atoms with Crippen molar-refractivity contribution in [2.75, 3.05) is 9.80 Å². The molecule has 0 spiro atoms. The first-order valence-electron chi connectivity index (χ1n) is 30.0. The number of nitrogens with zero attached hydrogens (tertiary/aromatic N) is 2. The van der Waals surface area contributed by atoms with Gasteiger partial charge in [0.15, 0.2) is 0 Å². The Bertz CT molecular complexity index is 3300. The lowest BCUT2D eigenvalue weighted by molar-refractivity contribution is 0.0832. The van der Waals surface area contributed by atoms with Gasteiger partial charge < -0.3 is 9.80 Å². The van der Waals surface area contributed by atoms with Gasteiger partial charge in [-0.2, -0.15) is 0 Å². The lowest BCUT2D eigenvalue weighted by atomic mass is 9.30. The Balaban J connectivity index is 1.11. The highest BCUT2D eigenvalue weighted by Gasteiger charge is 2.56. The van der Waals surface area contributed by atoms with Gasteiger partial charge in [-0.25, -0.2) is 0 Å². The highest BCUT2D eigenvalue weighted by Crippen LogP contribution is 2.63. The third kappa shape index (κ3) is 7.79. The van der Waals surface area contributed by atoms with Crippen LogP contribution in [0.1, 0.15) is 189 Å². The minimum Gasteiger partial charge on any atom is -0.324 e. The minimum absolute atomic E-state index is 0.0243. The van der Waals surface area contributed by atoms with Gasteiger partial charge >= 0.3 is 0 Å². The molecular formula is C72H89BN2S. The molecule has 4 heteroatoms. The number of hydrogen-bond acceptors (Lipinski definition) is 3. The highest BCUT2D eigenvalue weighted by atomic mass is 32.1. The summed E-state index contributed by atoms with van der Waals surface area (Å²) in [6.07, 6.45) is 33.9. The number of anilines is 3. The largest absolute Gasteiger partial charge is 0.324 e. The molecule has 0 radical (unpaired) electrons. The van der Waals surface area contributed by atoms with Crippen LogP contribution in [0.2, 0.25) is 0 Å². The van der Waals surface area contributed by atoms with Crippen LogP contribution in [-0.4, -0.2) is 12.8 Å². The number of rotatable bonds is 6. The number of fused-ring (bicyclic) bond motifs is 13. The number of allylic oxidation sites excluding steroid dienone is 9. The average molecular weight is 1030 g/mol. The van der Waals surface area contributed by atoms with Crippen molar-refractivity contribution in [1.82, 2.24) is 0 Å². The Labute approximate surface area is 463 Å². The zero-order chi connectivity index (χ0) is 53.5. The summed E-state index contributed by atoms with van der Waals surface area (Å²) in [4.78, 5) is 5.67. The Morgan fingerprint density at radius 1 is 0.711 bits per heavy atom. The maximum atomic E-state index is 4.81. The number of thiophene rings is 1. The van der Waals surface area contributed by atoms with Crippen molar-refractivity contribution in [1.29, 1.82) is 0 Å². The van der Waals surface area contributed by atoms with E-state index in [9.17, 15) is 0 Å². The predicted molar refractivity (Wildman–Crippen MR) is 329 cm³/mol. The molecule has 396 valence electrons. The molecule has 3 saturated carbocycles. The Morgan fingerprint density at radius 2 is 1.34 bits per heavy atom. The SMILES string of the molecule is C=C/C(=C\C1CC(C)(C)CCC1(C)C)N1C2=C(B3c4c1cc(C)cc4N(C1C=CC4=C(C=C1)C(C)(C)CCC4(C)C)c1sc4cc5c(cc4c13)C1(C)CCC5(C)C1)C1CC(=C2)C(C)(Cc2ccccc2)CCC(C)(C)C1. The van der Waals surface area contributed by atoms with Gasteiger partial charge in [0.05, 0.1) is 11.0 Å². The average Bonchev–Trinajstić information content (AvgIpc) is 4.08. The molecule has 13 rings (SSSR count). The van der Waals surface area contributed by atoms with Crippen LogP contribution in [0, 0.1) is 51.2 Å². The summed E-state index contributed by atoms with van der Waals surface area (Å²) >= 11 is 2.11. The smallest absolute Gasteiger partial charge is 0.249 e. The number of aryl methyl sites for hydroxylation is 1. The van der Waals surface area contributed by atoms with Crippen molar-refractivity contribution in [3.8, 4) is 0 Å². The van der Waals surface area contributed by atoms with Crippen LogP contribution >= 0.6 is 11.3 Å². The highest BCUT2D eigenvalue weighted by molar-refractivity contribution is 7.26. The van der Waals surface area contributed by atoms with Gasteiger partial charge in [0, 0.05) is 27.5 Å². The molecule has 7 aliphatic carbocycles. The van der Waals surface area contributed by atoms with E-state index in [0.717, 1.165) is 12.8 Å². The predicted octanol–water partition coefficient (Wildman–Crippen LogP) is 18.6. The molecule has 3 fully saturated rings. The van der Waals surface area contributed by atoms with Crippen LogP contribution in [0.3, 0.4) is 0 Å². The van der Waals surface area contributed by atoms with Gasteiger partial charge in [-0.3, -0.25) is 0 Å². The van der Waals surface area contributed by atoms with E-state index in [-0.39, 0.29) is 56.1 Å². The Morgan fingerprint density at radius 3 is 2.01 bits per heavy atom. The molecule has 0 amide bonds. The van der Waals surface area contributed by atoms with Gasteiger partial charge in [0.1, 0.15) is 0 Å². The van der Waals surface area contributed by atoms with Gasteiger partial charge in [-0.15, -0.1) is 11.3 Å². The van der Waals surface area contributed by atoms with Crippen LogP contribution < -0.4 is 20.7 Å². The second-order valence-electron chi connectivity index (χ2n) is 30.9. The molecule has 5 unspecified atom stereocenters. The zero-order valence-corrected chi connectivity index (χ0v) is 50.1. The quantitative estimate of drug-likeness (QED) is 0.140. The summed E-state index contributed by atoms with van der Waals surface area (Å²) in [5.41, 5.74) is 22.4. The molecule has 2 aliphatic heterocycles. The van der Waals surface area contributed by atoms with Crippen LogP contribution in [0.15, 0.2) is 137 Å². The fourth-order valence-corrected chi connectivity index (χ4v) is 19.0. The zero-order valence-electron chi connectivity index (χ0n) is 49.2.